The molecule has 0 N–H and O–H groups in total. The fourth-order valence-corrected chi connectivity index (χ4v) is 3.95. The minimum Gasteiger partial charge on any atom is -0.489 e. The molecule has 0 bridgehead atoms. The topological polar surface area (TPSA) is 89.7 Å². The fourth-order valence-electron chi connectivity index (χ4n) is 2.50. The van der Waals surface area contributed by atoms with E-state index in [0.29, 0.717) is 24.5 Å². The molecule has 2 aromatic heterocycles. The van der Waals surface area contributed by atoms with Gasteiger partial charge in [0.1, 0.15) is 22.5 Å². The number of pyridine rings is 1. The van der Waals surface area contributed by atoms with Gasteiger partial charge in [0.05, 0.1) is 12.6 Å². The Labute approximate surface area is 133 Å². The molecule has 1 fully saturated rings. The molecule has 7 nitrogen and oxygen atoms in total. The average molecular weight is 336 g/mol. The molecule has 3 rings (SSSR count). The van der Waals surface area contributed by atoms with Crippen LogP contribution in [0.2, 0.25) is 0 Å². The van der Waals surface area contributed by atoms with E-state index < -0.39 is 15.6 Å². The molecule has 0 saturated carbocycles. The maximum atomic E-state index is 12.5. The van der Waals surface area contributed by atoms with Crippen molar-refractivity contribution < 1.29 is 17.6 Å². The van der Waals surface area contributed by atoms with Crippen LogP contribution in [0, 0.1) is 6.92 Å². The molecule has 0 aromatic carbocycles. The first kappa shape index (κ1) is 15.7. The molecule has 1 saturated heterocycles. The normalized spacial score (nSPS) is 18.9. The zero-order valence-corrected chi connectivity index (χ0v) is 13.3. The minimum atomic E-state index is -3.57. The number of rotatable bonds is 4. The maximum Gasteiger partial charge on any atom is 0.339 e. The molecule has 1 atom stereocenters. The Balaban J connectivity index is 1.72. The number of hydrogen-bond donors (Lipinski definition) is 0. The van der Waals surface area contributed by atoms with Crippen LogP contribution in [-0.2, 0) is 10.0 Å². The first-order valence-electron chi connectivity index (χ1n) is 7.14. The highest BCUT2D eigenvalue weighted by Crippen LogP contribution is 2.23. The molecule has 3 heterocycles. The highest BCUT2D eigenvalue weighted by Gasteiger charge is 2.33. The summed E-state index contributed by atoms with van der Waals surface area (Å²) in [6.07, 6.45) is 3.11. The SMILES string of the molecule is Cc1cc(OC2CCN(S(=O)(=O)c3cccnc3)C2)cc(=O)o1. The molecule has 0 spiro atoms. The third-order valence-corrected chi connectivity index (χ3v) is 5.40. The monoisotopic (exact) mass is 336 g/mol. The lowest BCUT2D eigenvalue weighted by Crippen LogP contribution is -2.31. The molecule has 1 aliphatic heterocycles. The Morgan fingerprint density at radius 1 is 1.39 bits per heavy atom. The Morgan fingerprint density at radius 2 is 2.22 bits per heavy atom. The quantitative estimate of drug-likeness (QED) is 0.833. The van der Waals surface area contributed by atoms with Gasteiger partial charge in [0, 0.05) is 25.0 Å². The van der Waals surface area contributed by atoms with Crippen molar-refractivity contribution in [2.75, 3.05) is 13.1 Å². The summed E-state index contributed by atoms with van der Waals surface area (Å²) in [6, 6.07) is 5.97. The molecule has 0 amide bonds. The number of sulfonamides is 1. The van der Waals surface area contributed by atoms with Crippen LogP contribution < -0.4 is 10.4 Å². The number of ether oxygens (including phenoxy) is 1. The van der Waals surface area contributed by atoms with Crippen LogP contribution in [0.5, 0.6) is 5.75 Å². The van der Waals surface area contributed by atoms with Crippen LogP contribution in [0.25, 0.3) is 0 Å². The number of aryl methyl sites for hydroxylation is 1. The first-order chi connectivity index (χ1) is 10.9. The third-order valence-electron chi connectivity index (χ3n) is 3.55. The molecule has 8 heteroatoms. The summed E-state index contributed by atoms with van der Waals surface area (Å²) < 4.78 is 37.0. The van der Waals surface area contributed by atoms with Crippen molar-refractivity contribution in [3.8, 4) is 5.75 Å². The van der Waals surface area contributed by atoms with E-state index in [-0.39, 0.29) is 17.5 Å². The van der Waals surface area contributed by atoms with E-state index in [1.54, 1.807) is 19.1 Å². The van der Waals surface area contributed by atoms with E-state index in [1.165, 1.54) is 28.8 Å². The smallest absolute Gasteiger partial charge is 0.339 e. The summed E-state index contributed by atoms with van der Waals surface area (Å²) >= 11 is 0. The number of nitrogens with zero attached hydrogens (tertiary/aromatic N) is 2. The molecule has 23 heavy (non-hydrogen) atoms. The van der Waals surface area contributed by atoms with E-state index in [1.807, 2.05) is 0 Å². The predicted molar refractivity (Wildman–Crippen MR) is 81.7 cm³/mol. The second kappa shape index (κ2) is 6.13. The van der Waals surface area contributed by atoms with Gasteiger partial charge < -0.3 is 9.15 Å². The Kier molecular flexibility index (Phi) is 4.18. The highest BCUT2D eigenvalue weighted by molar-refractivity contribution is 7.89. The highest BCUT2D eigenvalue weighted by atomic mass is 32.2. The van der Waals surface area contributed by atoms with Crippen molar-refractivity contribution in [1.82, 2.24) is 9.29 Å². The van der Waals surface area contributed by atoms with Crippen LogP contribution in [0.1, 0.15) is 12.2 Å². The van der Waals surface area contributed by atoms with Gasteiger partial charge >= 0.3 is 5.63 Å². The summed E-state index contributed by atoms with van der Waals surface area (Å²) in [5.41, 5.74) is -0.488. The van der Waals surface area contributed by atoms with Crippen molar-refractivity contribution in [3.05, 3.63) is 52.8 Å². The molecule has 122 valence electrons. The van der Waals surface area contributed by atoms with Gasteiger partial charge in [0.25, 0.3) is 0 Å². The summed E-state index contributed by atoms with van der Waals surface area (Å²) in [5.74, 6) is 0.842. The number of hydrogen-bond acceptors (Lipinski definition) is 6. The number of aromatic nitrogens is 1. The van der Waals surface area contributed by atoms with Gasteiger partial charge in [-0.05, 0) is 25.5 Å². The standard InChI is InChI=1S/C15H16N2O5S/c1-11-7-13(8-15(18)21-11)22-12-4-6-17(10-12)23(19,20)14-3-2-5-16-9-14/h2-3,5,7-9,12H,4,6,10H2,1H3. The lowest BCUT2D eigenvalue weighted by atomic mass is 10.3. The lowest BCUT2D eigenvalue weighted by Gasteiger charge is -2.17. The summed E-state index contributed by atoms with van der Waals surface area (Å²) in [7, 11) is -3.57. The van der Waals surface area contributed by atoms with Crippen LogP contribution in [0.4, 0.5) is 0 Å². The predicted octanol–water partition coefficient (Wildman–Crippen LogP) is 1.19. The average Bonchev–Trinajstić information content (AvgIpc) is 2.96. The van der Waals surface area contributed by atoms with E-state index in [9.17, 15) is 13.2 Å². The zero-order valence-electron chi connectivity index (χ0n) is 12.5. The molecular weight excluding hydrogens is 320 g/mol. The molecule has 2 aromatic rings. The van der Waals surface area contributed by atoms with Crippen molar-refractivity contribution in [2.45, 2.75) is 24.3 Å². The van der Waals surface area contributed by atoms with Gasteiger partial charge in [-0.2, -0.15) is 4.31 Å². The van der Waals surface area contributed by atoms with Gasteiger partial charge in [0.2, 0.25) is 10.0 Å². The van der Waals surface area contributed by atoms with Crippen LogP contribution in [-0.4, -0.2) is 36.9 Å². The van der Waals surface area contributed by atoms with Crippen molar-refractivity contribution in [3.63, 3.8) is 0 Å². The van der Waals surface area contributed by atoms with Gasteiger partial charge in [-0.3, -0.25) is 4.98 Å². The van der Waals surface area contributed by atoms with Crippen LogP contribution in [0.3, 0.4) is 0 Å². The van der Waals surface area contributed by atoms with Crippen LogP contribution in [0.15, 0.2) is 50.8 Å². The lowest BCUT2D eigenvalue weighted by molar-refractivity contribution is 0.213. The Hall–Kier alpha value is -2.19. The van der Waals surface area contributed by atoms with Crippen LogP contribution >= 0.6 is 0 Å². The van der Waals surface area contributed by atoms with Gasteiger partial charge in [0.15, 0.2) is 0 Å². The zero-order chi connectivity index (χ0) is 16.4. The Bertz CT molecular complexity index is 848. The molecule has 0 radical (unpaired) electrons. The maximum absolute atomic E-state index is 12.5. The van der Waals surface area contributed by atoms with E-state index in [0.717, 1.165) is 0 Å². The van der Waals surface area contributed by atoms with E-state index in [2.05, 4.69) is 4.98 Å². The molecule has 0 aliphatic carbocycles. The third kappa shape index (κ3) is 3.43. The molecule has 1 aliphatic rings. The van der Waals surface area contributed by atoms with Gasteiger partial charge in [-0.1, -0.05) is 0 Å². The second-order valence-electron chi connectivity index (χ2n) is 5.30. The largest absolute Gasteiger partial charge is 0.489 e. The Morgan fingerprint density at radius 3 is 2.91 bits per heavy atom. The van der Waals surface area contributed by atoms with Gasteiger partial charge in [-0.25, -0.2) is 13.2 Å². The van der Waals surface area contributed by atoms with Gasteiger partial charge in [-0.15, -0.1) is 0 Å². The summed E-state index contributed by atoms with van der Waals surface area (Å²) in [6.45, 7) is 2.25. The van der Waals surface area contributed by atoms with Crippen molar-refractivity contribution >= 4 is 10.0 Å². The van der Waals surface area contributed by atoms with E-state index >= 15 is 0 Å². The molecule has 1 unspecified atom stereocenters. The first-order valence-corrected chi connectivity index (χ1v) is 8.58. The second-order valence-corrected chi connectivity index (χ2v) is 7.24. The van der Waals surface area contributed by atoms with Crippen molar-refractivity contribution in [2.24, 2.45) is 0 Å². The fraction of sp³-hybridized carbons (Fsp3) is 0.333. The van der Waals surface area contributed by atoms with Crippen molar-refractivity contribution in [1.29, 1.82) is 0 Å². The minimum absolute atomic E-state index is 0.164. The van der Waals surface area contributed by atoms with E-state index in [4.69, 9.17) is 9.15 Å². The summed E-state index contributed by atoms with van der Waals surface area (Å²) in [4.78, 5) is 15.3. The summed E-state index contributed by atoms with van der Waals surface area (Å²) in [5, 5.41) is 0. The molecular formula is C15H16N2O5S.